The normalized spacial score (nSPS) is 15.2. The highest BCUT2D eigenvalue weighted by Gasteiger charge is 2.26. The zero-order chi connectivity index (χ0) is 18.0. The molecule has 1 aromatic heterocycles. The number of likely N-dealkylation sites (tertiary alicyclic amines) is 1. The summed E-state index contributed by atoms with van der Waals surface area (Å²) in [5.74, 6) is 0.744. The van der Waals surface area contributed by atoms with Gasteiger partial charge in [0.2, 0.25) is 0 Å². The molecule has 0 radical (unpaired) electrons. The highest BCUT2D eigenvalue weighted by Crippen LogP contribution is 2.26. The van der Waals surface area contributed by atoms with Crippen LogP contribution >= 0.6 is 0 Å². The van der Waals surface area contributed by atoms with Crippen LogP contribution in [0, 0.1) is 20.8 Å². The van der Waals surface area contributed by atoms with Crippen molar-refractivity contribution in [2.24, 2.45) is 0 Å². The van der Waals surface area contributed by atoms with Crippen LogP contribution in [0.15, 0.2) is 35.3 Å². The molecule has 1 amide bonds. The molecule has 1 saturated heterocycles. The van der Waals surface area contributed by atoms with Crippen LogP contribution < -0.4 is 10.2 Å². The molecule has 2 heterocycles. The molecule has 1 aliphatic rings. The Bertz CT molecular complexity index is 813. The number of aromatic amines is 1. The number of piperidine rings is 1. The Hall–Kier alpha value is -2.56. The standard InChI is InChI=1S/C20H24N2O3/c1-13-5-4-6-14(2)19(13)25-16-7-9-22(10-8-16)20(24)17-12-21-15(3)11-18(17)23/h4-6,11-12,16H,7-10H2,1-3H3,(H,21,23). The largest absolute Gasteiger partial charge is 0.490 e. The zero-order valence-electron chi connectivity index (χ0n) is 15.0. The van der Waals surface area contributed by atoms with Gasteiger partial charge in [-0.15, -0.1) is 0 Å². The van der Waals surface area contributed by atoms with Crippen molar-refractivity contribution in [1.29, 1.82) is 0 Å². The van der Waals surface area contributed by atoms with Crippen molar-refractivity contribution in [1.82, 2.24) is 9.88 Å². The molecule has 1 aliphatic heterocycles. The second-order valence-electron chi connectivity index (χ2n) is 6.72. The molecule has 0 bridgehead atoms. The molecule has 3 rings (SSSR count). The Morgan fingerprint density at radius 2 is 1.80 bits per heavy atom. The first-order valence-corrected chi connectivity index (χ1v) is 8.67. The fraction of sp³-hybridized carbons (Fsp3) is 0.400. The molecule has 0 atom stereocenters. The molecule has 1 fully saturated rings. The molecular formula is C20H24N2O3. The summed E-state index contributed by atoms with van der Waals surface area (Å²) in [6, 6.07) is 7.58. The molecule has 1 N–H and O–H groups in total. The number of carbonyl (C=O) groups is 1. The van der Waals surface area contributed by atoms with Crippen molar-refractivity contribution >= 4 is 5.91 Å². The van der Waals surface area contributed by atoms with Gasteiger partial charge in [-0.25, -0.2) is 0 Å². The average Bonchev–Trinajstić information content (AvgIpc) is 2.58. The van der Waals surface area contributed by atoms with Gasteiger partial charge in [-0.1, -0.05) is 18.2 Å². The lowest BCUT2D eigenvalue weighted by atomic mass is 10.1. The molecule has 0 aliphatic carbocycles. The number of aryl methyl sites for hydroxylation is 3. The van der Waals surface area contributed by atoms with Gasteiger partial charge in [0.25, 0.3) is 5.91 Å². The Balaban J connectivity index is 1.64. The van der Waals surface area contributed by atoms with Crippen molar-refractivity contribution in [3.63, 3.8) is 0 Å². The maximum atomic E-state index is 12.6. The van der Waals surface area contributed by atoms with E-state index in [0.29, 0.717) is 13.1 Å². The quantitative estimate of drug-likeness (QED) is 0.934. The van der Waals surface area contributed by atoms with E-state index in [-0.39, 0.29) is 23.0 Å². The number of nitrogens with zero attached hydrogens (tertiary/aromatic N) is 1. The lowest BCUT2D eigenvalue weighted by Crippen LogP contribution is -2.43. The first-order chi connectivity index (χ1) is 12.0. The fourth-order valence-electron chi connectivity index (χ4n) is 3.24. The van der Waals surface area contributed by atoms with Crippen LogP contribution in [0.5, 0.6) is 5.75 Å². The number of benzene rings is 1. The van der Waals surface area contributed by atoms with Crippen LogP contribution in [0.4, 0.5) is 0 Å². The van der Waals surface area contributed by atoms with E-state index in [1.165, 1.54) is 12.3 Å². The summed E-state index contributed by atoms with van der Waals surface area (Å²) in [5.41, 5.74) is 2.99. The number of hydrogen-bond donors (Lipinski definition) is 1. The third-order valence-electron chi connectivity index (χ3n) is 4.71. The summed E-state index contributed by atoms with van der Waals surface area (Å²) >= 11 is 0. The van der Waals surface area contributed by atoms with Crippen molar-refractivity contribution in [2.45, 2.75) is 39.7 Å². The van der Waals surface area contributed by atoms with Gasteiger partial charge in [-0.3, -0.25) is 9.59 Å². The first-order valence-electron chi connectivity index (χ1n) is 8.67. The van der Waals surface area contributed by atoms with Crippen LogP contribution in [-0.2, 0) is 0 Å². The molecule has 0 spiro atoms. The van der Waals surface area contributed by atoms with Gasteiger partial charge in [-0.2, -0.15) is 0 Å². The summed E-state index contributed by atoms with van der Waals surface area (Å²) in [6.45, 7) is 7.09. The maximum Gasteiger partial charge on any atom is 0.259 e. The number of carbonyl (C=O) groups excluding carboxylic acids is 1. The number of amides is 1. The summed E-state index contributed by atoms with van der Waals surface area (Å²) in [6.07, 6.45) is 3.14. The highest BCUT2D eigenvalue weighted by atomic mass is 16.5. The van der Waals surface area contributed by atoms with Crippen LogP contribution in [-0.4, -0.2) is 35.0 Å². The summed E-state index contributed by atoms with van der Waals surface area (Å²) in [7, 11) is 0. The Morgan fingerprint density at radius 3 is 2.40 bits per heavy atom. The van der Waals surface area contributed by atoms with E-state index in [0.717, 1.165) is 35.4 Å². The van der Waals surface area contributed by atoms with Crippen molar-refractivity contribution in [3.05, 3.63) is 63.1 Å². The first kappa shape index (κ1) is 17.3. The third-order valence-corrected chi connectivity index (χ3v) is 4.71. The zero-order valence-corrected chi connectivity index (χ0v) is 15.0. The minimum atomic E-state index is -0.227. The van der Waals surface area contributed by atoms with Crippen LogP contribution in [0.3, 0.4) is 0 Å². The minimum absolute atomic E-state index is 0.0974. The maximum absolute atomic E-state index is 12.6. The van der Waals surface area contributed by atoms with Crippen molar-refractivity contribution < 1.29 is 9.53 Å². The average molecular weight is 340 g/mol. The predicted molar refractivity (Wildman–Crippen MR) is 97.3 cm³/mol. The number of aromatic nitrogens is 1. The van der Waals surface area contributed by atoms with Crippen molar-refractivity contribution in [3.8, 4) is 5.75 Å². The molecule has 5 nitrogen and oxygen atoms in total. The number of pyridine rings is 1. The van der Waals surface area contributed by atoms with E-state index in [4.69, 9.17) is 4.74 Å². The molecular weight excluding hydrogens is 316 g/mol. The van der Waals surface area contributed by atoms with Gasteiger partial charge in [0.15, 0.2) is 5.43 Å². The Kier molecular flexibility index (Phi) is 4.93. The number of nitrogens with one attached hydrogen (secondary N) is 1. The number of ether oxygens (including phenoxy) is 1. The van der Waals surface area contributed by atoms with E-state index < -0.39 is 0 Å². The lowest BCUT2D eigenvalue weighted by Gasteiger charge is -2.32. The van der Waals surface area contributed by atoms with E-state index in [1.807, 2.05) is 32.0 Å². The van der Waals surface area contributed by atoms with Crippen LogP contribution in [0.25, 0.3) is 0 Å². The van der Waals surface area contributed by atoms with Gasteiger partial charge in [0.05, 0.1) is 0 Å². The molecule has 132 valence electrons. The fourth-order valence-corrected chi connectivity index (χ4v) is 3.24. The third kappa shape index (κ3) is 3.76. The van der Waals surface area contributed by atoms with Gasteiger partial charge in [0, 0.05) is 43.9 Å². The summed E-state index contributed by atoms with van der Waals surface area (Å²) in [4.78, 5) is 29.3. The van der Waals surface area contributed by atoms with E-state index in [1.54, 1.807) is 11.8 Å². The number of para-hydroxylation sites is 1. The lowest BCUT2D eigenvalue weighted by molar-refractivity contribution is 0.0591. The second-order valence-corrected chi connectivity index (χ2v) is 6.72. The summed E-state index contributed by atoms with van der Waals surface area (Å²) in [5, 5.41) is 0. The number of H-pyrrole nitrogens is 1. The molecule has 2 aromatic rings. The van der Waals surface area contributed by atoms with Gasteiger partial charge < -0.3 is 14.6 Å². The second kappa shape index (κ2) is 7.13. The van der Waals surface area contributed by atoms with Gasteiger partial charge in [-0.05, 0) is 31.9 Å². The highest BCUT2D eigenvalue weighted by molar-refractivity contribution is 5.93. The Labute approximate surface area is 147 Å². The van der Waals surface area contributed by atoms with Crippen LogP contribution in [0.2, 0.25) is 0 Å². The summed E-state index contributed by atoms with van der Waals surface area (Å²) < 4.78 is 6.18. The predicted octanol–water partition coefficient (Wildman–Crippen LogP) is 2.98. The number of hydrogen-bond acceptors (Lipinski definition) is 3. The van der Waals surface area contributed by atoms with Gasteiger partial charge >= 0.3 is 0 Å². The minimum Gasteiger partial charge on any atom is -0.490 e. The number of rotatable bonds is 3. The monoisotopic (exact) mass is 340 g/mol. The smallest absolute Gasteiger partial charge is 0.259 e. The SMILES string of the molecule is Cc1cc(=O)c(C(=O)N2CCC(Oc3c(C)cccc3C)CC2)c[nH]1. The molecule has 25 heavy (non-hydrogen) atoms. The Morgan fingerprint density at radius 1 is 1.16 bits per heavy atom. The van der Waals surface area contributed by atoms with Crippen LogP contribution in [0.1, 0.15) is 40.0 Å². The molecule has 5 heteroatoms. The van der Waals surface area contributed by atoms with Crippen molar-refractivity contribution in [2.75, 3.05) is 13.1 Å². The molecule has 0 unspecified atom stereocenters. The van der Waals surface area contributed by atoms with E-state index >= 15 is 0 Å². The topological polar surface area (TPSA) is 62.4 Å². The van der Waals surface area contributed by atoms with Gasteiger partial charge in [0.1, 0.15) is 17.4 Å². The van der Waals surface area contributed by atoms with E-state index in [9.17, 15) is 9.59 Å². The molecule has 0 saturated carbocycles. The molecule has 1 aromatic carbocycles. The van der Waals surface area contributed by atoms with E-state index in [2.05, 4.69) is 4.98 Å².